The number of aliphatic hydroxyl groups excluding tert-OH is 1. The predicted octanol–water partition coefficient (Wildman–Crippen LogP) is -1.12. The van der Waals surface area contributed by atoms with Gasteiger partial charge in [-0.1, -0.05) is 5.21 Å². The number of nitrogens with one attached hydrogen (secondary N) is 1. The molecule has 0 spiro atoms. The first kappa shape index (κ1) is 15.7. The molecule has 1 fully saturated rings. The number of aromatic nitrogens is 3. The van der Waals surface area contributed by atoms with Gasteiger partial charge in [-0.2, -0.15) is 0 Å². The third-order valence-corrected chi connectivity index (χ3v) is 3.93. The zero-order valence-corrected chi connectivity index (χ0v) is 12.6. The number of likely N-dealkylation sites (tertiary alicyclic amines) is 1. The summed E-state index contributed by atoms with van der Waals surface area (Å²) in [4.78, 5) is 13.8. The first-order chi connectivity index (χ1) is 9.87. The normalized spacial score (nSPS) is 17.0. The number of sulfonamides is 1. The van der Waals surface area contributed by atoms with Crippen LogP contribution >= 0.6 is 0 Å². The Kier molecular flexibility index (Phi) is 4.78. The van der Waals surface area contributed by atoms with Crippen molar-refractivity contribution in [3.63, 3.8) is 0 Å². The molecule has 0 saturated carbocycles. The van der Waals surface area contributed by atoms with Crippen molar-refractivity contribution >= 4 is 21.7 Å². The van der Waals surface area contributed by atoms with Crippen LogP contribution in [0, 0.1) is 5.92 Å². The van der Waals surface area contributed by atoms with Crippen molar-refractivity contribution < 1.29 is 18.3 Å². The lowest BCUT2D eigenvalue weighted by atomic mass is 9.98. The second-order valence-corrected chi connectivity index (χ2v) is 6.93. The lowest BCUT2D eigenvalue weighted by molar-refractivity contribution is -0.133. The van der Waals surface area contributed by atoms with Crippen LogP contribution in [0.4, 0.5) is 5.82 Å². The summed E-state index contributed by atoms with van der Waals surface area (Å²) in [5.74, 6) is 0.262. The van der Waals surface area contributed by atoms with Crippen molar-refractivity contribution in [1.82, 2.24) is 19.9 Å². The fourth-order valence-corrected chi connectivity index (χ4v) is 2.69. The smallest absolute Gasteiger partial charge is 0.244 e. The van der Waals surface area contributed by atoms with Gasteiger partial charge >= 0.3 is 0 Å². The molecule has 2 heterocycles. The first-order valence-corrected chi connectivity index (χ1v) is 8.53. The lowest BCUT2D eigenvalue weighted by Crippen LogP contribution is -2.40. The van der Waals surface area contributed by atoms with Crippen molar-refractivity contribution in [2.75, 3.05) is 30.7 Å². The van der Waals surface area contributed by atoms with E-state index in [1.165, 1.54) is 10.9 Å². The van der Waals surface area contributed by atoms with Crippen molar-refractivity contribution in [1.29, 1.82) is 0 Å². The van der Waals surface area contributed by atoms with Gasteiger partial charge in [-0.25, -0.2) is 13.1 Å². The Morgan fingerprint density at radius 1 is 1.48 bits per heavy atom. The number of carbonyl (C=O) groups is 1. The molecule has 2 N–H and O–H groups in total. The number of amides is 1. The summed E-state index contributed by atoms with van der Waals surface area (Å²) in [7, 11) is -3.41. The van der Waals surface area contributed by atoms with Crippen molar-refractivity contribution in [3.8, 4) is 0 Å². The summed E-state index contributed by atoms with van der Waals surface area (Å²) >= 11 is 0. The van der Waals surface area contributed by atoms with Gasteiger partial charge in [0.1, 0.15) is 6.54 Å². The van der Waals surface area contributed by atoms with Crippen molar-refractivity contribution in [3.05, 3.63) is 6.20 Å². The average molecular weight is 317 g/mol. The van der Waals surface area contributed by atoms with Crippen LogP contribution in [-0.2, 0) is 21.4 Å². The molecule has 0 radical (unpaired) electrons. The summed E-state index contributed by atoms with van der Waals surface area (Å²) in [6.45, 7) is 1.41. The molecule has 2 rings (SSSR count). The zero-order valence-electron chi connectivity index (χ0n) is 11.8. The topological polar surface area (TPSA) is 117 Å². The summed E-state index contributed by atoms with van der Waals surface area (Å²) < 4.78 is 25.6. The fourth-order valence-electron chi connectivity index (χ4n) is 2.22. The Bertz CT molecular complexity index is 592. The highest BCUT2D eigenvalue weighted by Gasteiger charge is 2.22. The monoisotopic (exact) mass is 317 g/mol. The highest BCUT2D eigenvalue weighted by molar-refractivity contribution is 7.92. The van der Waals surface area contributed by atoms with Crippen LogP contribution < -0.4 is 4.72 Å². The van der Waals surface area contributed by atoms with Gasteiger partial charge < -0.3 is 10.0 Å². The number of piperidine rings is 1. The molecule has 1 amide bonds. The van der Waals surface area contributed by atoms with E-state index in [1.54, 1.807) is 4.90 Å². The van der Waals surface area contributed by atoms with Gasteiger partial charge in [0.05, 0.1) is 12.5 Å². The molecule has 10 heteroatoms. The third-order valence-electron chi connectivity index (χ3n) is 3.35. The SMILES string of the molecule is CS(=O)(=O)Nc1cn(CC(=O)N2CCC(CO)CC2)nn1. The zero-order chi connectivity index (χ0) is 15.5. The maximum Gasteiger partial charge on any atom is 0.244 e. The molecule has 1 aromatic rings. The van der Waals surface area contributed by atoms with Crippen LogP contribution in [0.3, 0.4) is 0 Å². The van der Waals surface area contributed by atoms with Crippen LogP contribution in [0.1, 0.15) is 12.8 Å². The Morgan fingerprint density at radius 3 is 2.71 bits per heavy atom. The summed E-state index contributed by atoms with van der Waals surface area (Å²) in [6.07, 6.45) is 3.98. The molecule has 21 heavy (non-hydrogen) atoms. The van der Waals surface area contributed by atoms with E-state index in [0.29, 0.717) is 13.1 Å². The third kappa shape index (κ3) is 4.67. The average Bonchev–Trinajstić information content (AvgIpc) is 2.83. The molecule has 1 saturated heterocycles. The van der Waals surface area contributed by atoms with E-state index in [0.717, 1.165) is 19.1 Å². The molecule has 0 aliphatic carbocycles. The number of anilines is 1. The largest absolute Gasteiger partial charge is 0.396 e. The van der Waals surface area contributed by atoms with Crippen LogP contribution in [0.15, 0.2) is 6.20 Å². The van der Waals surface area contributed by atoms with Gasteiger partial charge in [0.25, 0.3) is 0 Å². The van der Waals surface area contributed by atoms with Crippen molar-refractivity contribution in [2.24, 2.45) is 5.92 Å². The van der Waals surface area contributed by atoms with E-state index in [-0.39, 0.29) is 30.8 Å². The van der Waals surface area contributed by atoms with Gasteiger partial charge in [-0.15, -0.1) is 5.10 Å². The quantitative estimate of drug-likeness (QED) is 0.710. The van der Waals surface area contributed by atoms with Crippen LogP contribution in [0.2, 0.25) is 0 Å². The Balaban J connectivity index is 1.88. The van der Waals surface area contributed by atoms with Gasteiger partial charge in [0.2, 0.25) is 15.9 Å². The maximum absolute atomic E-state index is 12.1. The standard InChI is InChI=1S/C11H19N5O4S/c1-21(19,20)13-10-6-16(14-12-10)7-11(18)15-4-2-9(8-17)3-5-15/h6,9,13,17H,2-5,7-8H2,1H3. The number of hydrogen-bond donors (Lipinski definition) is 2. The number of hydrogen-bond acceptors (Lipinski definition) is 6. The van der Waals surface area contributed by atoms with E-state index in [1.807, 2.05) is 0 Å². The highest BCUT2D eigenvalue weighted by atomic mass is 32.2. The molecule has 1 aromatic heterocycles. The Labute approximate surface area is 123 Å². The van der Waals surface area contributed by atoms with Crippen molar-refractivity contribution in [2.45, 2.75) is 19.4 Å². The molecular formula is C11H19N5O4S. The molecule has 118 valence electrons. The van der Waals surface area contributed by atoms with E-state index < -0.39 is 10.0 Å². The van der Waals surface area contributed by atoms with Gasteiger partial charge in [-0.3, -0.25) is 9.52 Å². The number of carbonyl (C=O) groups excluding carboxylic acids is 1. The highest BCUT2D eigenvalue weighted by Crippen LogP contribution is 2.16. The second kappa shape index (κ2) is 6.39. The fraction of sp³-hybridized carbons (Fsp3) is 0.727. The molecule has 9 nitrogen and oxygen atoms in total. The first-order valence-electron chi connectivity index (χ1n) is 6.64. The molecule has 0 unspecified atom stereocenters. The Hall–Kier alpha value is -1.68. The Morgan fingerprint density at radius 2 is 2.14 bits per heavy atom. The second-order valence-electron chi connectivity index (χ2n) is 5.18. The van der Waals surface area contributed by atoms with Gasteiger partial charge in [0, 0.05) is 19.7 Å². The summed E-state index contributed by atoms with van der Waals surface area (Å²) in [6, 6.07) is 0. The molecule has 0 aromatic carbocycles. The van der Waals surface area contributed by atoms with Crippen LogP contribution in [-0.4, -0.2) is 65.3 Å². The van der Waals surface area contributed by atoms with Gasteiger partial charge in [-0.05, 0) is 18.8 Å². The number of nitrogens with zero attached hydrogens (tertiary/aromatic N) is 4. The summed E-state index contributed by atoms with van der Waals surface area (Å²) in [5.41, 5.74) is 0. The molecule has 1 aliphatic rings. The maximum atomic E-state index is 12.1. The van der Waals surface area contributed by atoms with E-state index >= 15 is 0 Å². The van der Waals surface area contributed by atoms with E-state index in [4.69, 9.17) is 5.11 Å². The van der Waals surface area contributed by atoms with Gasteiger partial charge in [0.15, 0.2) is 5.82 Å². The number of rotatable bonds is 5. The molecule has 0 atom stereocenters. The molecule has 0 bridgehead atoms. The lowest BCUT2D eigenvalue weighted by Gasteiger charge is -2.31. The van der Waals surface area contributed by atoms with Crippen LogP contribution in [0.5, 0.6) is 0 Å². The summed E-state index contributed by atoms with van der Waals surface area (Å²) in [5, 5.41) is 16.4. The van der Waals surface area contributed by atoms with E-state index in [2.05, 4.69) is 15.0 Å². The van der Waals surface area contributed by atoms with Crippen LogP contribution in [0.25, 0.3) is 0 Å². The predicted molar refractivity (Wildman–Crippen MR) is 74.9 cm³/mol. The molecular weight excluding hydrogens is 298 g/mol. The minimum absolute atomic E-state index is 0.0161. The minimum atomic E-state index is -3.41. The molecule has 1 aliphatic heterocycles. The minimum Gasteiger partial charge on any atom is -0.396 e. The number of aliphatic hydroxyl groups is 1. The van der Waals surface area contributed by atoms with E-state index in [9.17, 15) is 13.2 Å².